The maximum Gasteiger partial charge on any atom is 0.331 e. The summed E-state index contributed by atoms with van der Waals surface area (Å²) >= 11 is 0. The van der Waals surface area contributed by atoms with Crippen molar-refractivity contribution in [2.75, 3.05) is 0 Å². The van der Waals surface area contributed by atoms with Crippen molar-refractivity contribution in [1.82, 2.24) is 16.0 Å². The average Bonchev–Trinajstić information content (AvgIpc) is 3.00. The minimum atomic E-state index is -2.44. The lowest BCUT2D eigenvalue weighted by molar-refractivity contribution is -0.149. The molecule has 0 spiro atoms. The largest absolute Gasteiger partial charge is 0.480 e. The summed E-state index contributed by atoms with van der Waals surface area (Å²) < 4.78 is 7.02. The van der Waals surface area contributed by atoms with E-state index in [0.717, 1.165) is 19.3 Å². The van der Waals surface area contributed by atoms with Gasteiger partial charge in [-0.15, -0.1) is 0 Å². The highest BCUT2D eigenvalue weighted by molar-refractivity contribution is 6.07. The van der Waals surface area contributed by atoms with Crippen molar-refractivity contribution < 1.29 is 45.2 Å². The first-order valence-electron chi connectivity index (χ1n) is 16.3. The fraction of sp³-hybridized carbons (Fsp3) is 0.767. The van der Waals surface area contributed by atoms with E-state index in [1.807, 2.05) is 5.73 Å². The Morgan fingerprint density at radius 2 is 1.31 bits per heavy atom. The zero-order valence-electron chi connectivity index (χ0n) is 27.8. The van der Waals surface area contributed by atoms with E-state index in [-0.39, 0.29) is 25.2 Å². The Bertz CT molecular complexity index is 1030. The smallest absolute Gasteiger partial charge is 0.331 e. The van der Waals surface area contributed by atoms with Gasteiger partial charge in [0.15, 0.2) is 11.3 Å². The highest BCUT2D eigenvalue weighted by atomic mass is 16.4. The molecule has 45 heavy (non-hydrogen) atoms. The summed E-state index contributed by atoms with van der Waals surface area (Å²) in [5.74, 6) is -6.89. The summed E-state index contributed by atoms with van der Waals surface area (Å²) in [6.45, 7) is 4.94. The van der Waals surface area contributed by atoms with Crippen LogP contribution >= 0.6 is 0 Å². The summed E-state index contributed by atoms with van der Waals surface area (Å²) in [5, 5.41) is 26.4. The maximum atomic E-state index is 12.9. The number of carbonyl (C=O) groups is 7. The van der Waals surface area contributed by atoms with E-state index in [1.54, 1.807) is 0 Å². The highest BCUT2D eigenvalue weighted by Gasteiger charge is 2.42. The maximum absolute atomic E-state index is 12.9. The van der Waals surface area contributed by atoms with Crippen molar-refractivity contribution in [3.63, 3.8) is 0 Å². The molecule has 0 aliphatic heterocycles. The Hall–Kier alpha value is -3.59. The lowest BCUT2D eigenvalue weighted by atomic mass is 9.85. The molecule has 5 atom stereocenters. The normalized spacial score (nSPS) is 15.3. The van der Waals surface area contributed by atoms with E-state index in [2.05, 4.69) is 22.9 Å². The van der Waals surface area contributed by atoms with Crippen molar-refractivity contribution in [2.45, 2.75) is 147 Å². The predicted molar refractivity (Wildman–Crippen MR) is 166 cm³/mol. The molecule has 0 fully saturated rings. The van der Waals surface area contributed by atoms with Gasteiger partial charge in [-0.3, -0.25) is 24.0 Å². The fourth-order valence-corrected chi connectivity index (χ4v) is 4.56. The Balaban J connectivity index is 4.89. The third-order valence-corrected chi connectivity index (χ3v) is 7.55. The van der Waals surface area contributed by atoms with Crippen LogP contribution in [0.25, 0.3) is 0 Å². The van der Waals surface area contributed by atoms with Crippen LogP contribution < -0.4 is 33.1 Å². The van der Waals surface area contributed by atoms with E-state index in [9.17, 15) is 43.8 Å². The van der Waals surface area contributed by atoms with Crippen molar-refractivity contribution in [3.05, 3.63) is 0 Å². The van der Waals surface area contributed by atoms with Crippen LogP contribution in [0.2, 0.25) is 1.41 Å². The van der Waals surface area contributed by atoms with Crippen LogP contribution in [0.5, 0.6) is 0 Å². The molecule has 4 amide bonds. The third kappa shape index (κ3) is 16.9. The molecule has 2 unspecified atom stereocenters. The van der Waals surface area contributed by atoms with Gasteiger partial charge in [0, 0.05) is 12.8 Å². The summed E-state index contributed by atoms with van der Waals surface area (Å²) in [5.41, 5.74) is 10.7. The first-order chi connectivity index (χ1) is 21.6. The number of unbranched alkanes of at least 4 members (excludes halogenated alkanes) is 8. The zero-order valence-corrected chi connectivity index (χ0v) is 26.8. The van der Waals surface area contributed by atoms with Crippen LogP contribution in [0.4, 0.5) is 0 Å². The van der Waals surface area contributed by atoms with Crippen molar-refractivity contribution in [3.8, 4) is 0 Å². The Morgan fingerprint density at radius 1 is 0.756 bits per heavy atom. The monoisotopic (exact) mass is 643 g/mol. The van der Waals surface area contributed by atoms with E-state index in [4.69, 9.17) is 12.9 Å². The van der Waals surface area contributed by atoms with E-state index < -0.39 is 84.4 Å². The summed E-state index contributed by atoms with van der Waals surface area (Å²) in [7, 11) is 0. The van der Waals surface area contributed by atoms with Gasteiger partial charge in [-0.05, 0) is 46.0 Å². The molecule has 258 valence electrons. The van der Waals surface area contributed by atoms with Crippen LogP contribution in [0, 0.1) is 0 Å². The average molecular weight is 644 g/mol. The second-order valence-electron chi connectivity index (χ2n) is 11.6. The van der Waals surface area contributed by atoms with Crippen LogP contribution in [0.1, 0.15) is 117 Å². The van der Waals surface area contributed by atoms with Gasteiger partial charge in [0.25, 0.3) is 0 Å². The van der Waals surface area contributed by atoms with E-state index >= 15 is 0 Å². The SMILES string of the molecule is [2H]N[C@H](C)C(=O)NC(CCCC(N)(C(=O)O)C(=O)CC[C@@H](NC(=O)[C@H](C)NC(=O)CCCCCCCCCCC)C(=O)O)C(N)=O. The van der Waals surface area contributed by atoms with Gasteiger partial charge in [-0.25, -0.2) is 9.59 Å². The number of nitrogens with two attached hydrogens (primary N) is 3. The van der Waals surface area contributed by atoms with Crippen molar-refractivity contribution in [1.29, 1.82) is 0 Å². The molecular weight excluding hydrogens is 588 g/mol. The quantitative estimate of drug-likeness (QED) is 0.0453. The predicted octanol–water partition coefficient (Wildman–Crippen LogP) is 0.600. The van der Waals surface area contributed by atoms with Gasteiger partial charge in [0.1, 0.15) is 19.5 Å². The van der Waals surface area contributed by atoms with Crippen molar-refractivity contribution >= 4 is 41.4 Å². The molecule has 0 rings (SSSR count). The molecule has 0 bridgehead atoms. The standard InChI is InChI=1S/C30H54N6O9/c1-4-5-6-7-8-9-10-11-12-15-24(38)34-20(3)27(41)36-22(28(42)43)16-17-23(37)30(33,29(44)45)18-13-14-21(25(32)39)35-26(40)19(2)31/h19-22H,4-18,31,33H2,1-3H3,(H2,32,39)(H,34,38)(H,35,40)(H,36,41)(H,42,43)(H,44,45)/t19-,20+,21?,22-,30?/m1/s1/i/hD. The minimum Gasteiger partial charge on any atom is -0.480 e. The number of carbonyl (C=O) groups excluding carboxylic acids is 5. The molecule has 0 aromatic carbocycles. The molecule has 0 heterocycles. The van der Waals surface area contributed by atoms with Gasteiger partial charge in [-0.2, -0.15) is 0 Å². The fourth-order valence-electron chi connectivity index (χ4n) is 4.56. The van der Waals surface area contributed by atoms with Crippen molar-refractivity contribution in [2.24, 2.45) is 17.2 Å². The highest BCUT2D eigenvalue weighted by Crippen LogP contribution is 2.18. The van der Waals surface area contributed by atoms with Gasteiger partial charge < -0.3 is 43.4 Å². The molecule has 15 heteroatoms. The molecule has 0 radical (unpaired) electrons. The molecule has 11 N–H and O–H groups in total. The Morgan fingerprint density at radius 3 is 1.82 bits per heavy atom. The topological polar surface area (TPSA) is 274 Å². The molecule has 0 saturated carbocycles. The number of carboxylic acid groups (broad SMARTS) is 2. The first kappa shape index (κ1) is 39.4. The number of hydrogen-bond donors (Lipinski definition) is 8. The second kappa shape index (κ2) is 22.0. The number of amides is 4. The number of aliphatic carboxylic acids is 2. The van der Waals surface area contributed by atoms with Crippen LogP contribution in [0.15, 0.2) is 0 Å². The first-order valence-corrected chi connectivity index (χ1v) is 15.8. The number of rotatable bonds is 27. The lowest BCUT2D eigenvalue weighted by Crippen LogP contribution is -2.56. The Labute approximate surface area is 266 Å². The molecule has 0 saturated heterocycles. The summed E-state index contributed by atoms with van der Waals surface area (Å²) in [6, 6.07) is -4.78. The molecule has 0 aliphatic carbocycles. The number of primary amides is 1. The molecule has 15 nitrogen and oxygen atoms in total. The lowest BCUT2D eigenvalue weighted by Gasteiger charge is -2.25. The van der Waals surface area contributed by atoms with Gasteiger partial charge in [0.05, 0.1) is 6.04 Å². The number of carboxylic acids is 2. The molecular formula is C30H54N6O9. The van der Waals surface area contributed by atoms with Gasteiger partial charge >= 0.3 is 11.9 Å². The summed E-state index contributed by atoms with van der Waals surface area (Å²) in [6.07, 6.45) is 8.18. The number of ketones is 1. The second-order valence-corrected chi connectivity index (χ2v) is 11.6. The molecule has 0 aliphatic rings. The third-order valence-electron chi connectivity index (χ3n) is 7.55. The number of nitrogens with one attached hydrogen (secondary N) is 3. The minimum absolute atomic E-state index is 0.125. The van der Waals surface area contributed by atoms with Gasteiger partial charge in [-0.1, -0.05) is 58.3 Å². The number of hydrogen-bond acceptors (Lipinski definition) is 9. The Kier molecular flexibility index (Phi) is 19.3. The van der Waals surface area contributed by atoms with E-state index in [0.29, 0.717) is 6.42 Å². The summed E-state index contributed by atoms with van der Waals surface area (Å²) in [4.78, 5) is 85.2. The van der Waals surface area contributed by atoms with Crippen LogP contribution in [0.3, 0.4) is 0 Å². The molecule has 0 aromatic rings. The number of Topliss-reactive ketones (excluding diaryl/α,β-unsaturated/α-hetero) is 1. The molecule has 0 aromatic heterocycles. The zero-order chi connectivity index (χ0) is 35.3. The van der Waals surface area contributed by atoms with Gasteiger partial charge in [0.2, 0.25) is 23.6 Å². The van der Waals surface area contributed by atoms with E-state index in [1.165, 1.54) is 46.0 Å². The van der Waals surface area contributed by atoms with Crippen LogP contribution in [-0.4, -0.2) is 81.3 Å². The van der Waals surface area contributed by atoms with Crippen LogP contribution in [-0.2, 0) is 33.6 Å².